The van der Waals surface area contributed by atoms with Gasteiger partial charge in [0.05, 0.1) is 0 Å². The second-order valence-corrected chi connectivity index (χ2v) is 5.83. The van der Waals surface area contributed by atoms with E-state index in [-0.39, 0.29) is 18.3 Å². The largest absolute Gasteiger partial charge is 0.480 e. The van der Waals surface area contributed by atoms with E-state index in [0.717, 1.165) is 5.56 Å². The number of halogens is 1. The van der Waals surface area contributed by atoms with Crippen molar-refractivity contribution in [3.05, 3.63) is 35.9 Å². The van der Waals surface area contributed by atoms with Gasteiger partial charge in [0.25, 0.3) is 5.91 Å². The average molecular weight is 345 g/mol. The highest BCUT2D eigenvalue weighted by Gasteiger charge is 2.28. The summed E-state index contributed by atoms with van der Waals surface area (Å²) in [5.74, 6) is -1.76. The normalized spacial score (nSPS) is 14.5. The lowest BCUT2D eigenvalue weighted by molar-refractivity contribution is -0.144. The lowest BCUT2D eigenvalue weighted by Gasteiger charge is -2.22. The van der Waals surface area contributed by atoms with E-state index in [1.807, 2.05) is 44.2 Å². The molecule has 0 aliphatic rings. The molecule has 0 saturated heterocycles. The summed E-state index contributed by atoms with van der Waals surface area (Å²) in [5.41, 5.74) is 6.75. The summed E-state index contributed by atoms with van der Waals surface area (Å²) in [6.07, 6.45) is -0.826. The highest BCUT2D eigenvalue weighted by atomic mass is 35.5. The van der Waals surface area contributed by atoms with Gasteiger partial charge < -0.3 is 21.3 Å². The maximum Gasteiger partial charge on any atom is 0.326 e. The summed E-state index contributed by atoms with van der Waals surface area (Å²) in [4.78, 5) is 23.1. The molecule has 1 unspecified atom stereocenters. The van der Waals surface area contributed by atoms with E-state index >= 15 is 0 Å². The third-order valence-corrected chi connectivity index (χ3v) is 3.31. The van der Waals surface area contributed by atoms with Crippen molar-refractivity contribution < 1.29 is 19.8 Å². The Kier molecular flexibility index (Phi) is 9.48. The second kappa shape index (κ2) is 10.2. The molecular weight excluding hydrogens is 320 g/mol. The highest BCUT2D eigenvalue weighted by Crippen LogP contribution is 2.08. The van der Waals surface area contributed by atoms with Gasteiger partial charge in [-0.3, -0.25) is 4.79 Å². The summed E-state index contributed by atoms with van der Waals surface area (Å²) in [5, 5.41) is 21.4. The average Bonchev–Trinajstić information content (AvgIpc) is 2.46. The monoisotopic (exact) mass is 344 g/mol. The third-order valence-electron chi connectivity index (χ3n) is 3.31. The lowest BCUT2D eigenvalue weighted by Crippen LogP contribution is -2.52. The van der Waals surface area contributed by atoms with Crippen LogP contribution in [0, 0.1) is 5.92 Å². The van der Waals surface area contributed by atoms with Crippen LogP contribution >= 0.6 is 12.4 Å². The number of aliphatic carboxylic acids is 1. The predicted octanol–water partition coefficient (Wildman–Crippen LogP) is 0.955. The van der Waals surface area contributed by atoms with Crippen molar-refractivity contribution in [1.29, 1.82) is 0 Å². The number of hydrogen-bond acceptors (Lipinski definition) is 4. The van der Waals surface area contributed by atoms with Crippen LogP contribution < -0.4 is 11.1 Å². The number of carboxylic acid groups (broad SMARTS) is 1. The van der Waals surface area contributed by atoms with Crippen molar-refractivity contribution >= 4 is 24.3 Å². The highest BCUT2D eigenvalue weighted by molar-refractivity contribution is 5.86. The minimum absolute atomic E-state index is 0. The first-order chi connectivity index (χ1) is 10.3. The molecule has 6 nitrogen and oxygen atoms in total. The molecule has 0 saturated carbocycles. The number of aliphatic hydroxyl groups excluding tert-OH is 1. The third kappa shape index (κ3) is 7.45. The predicted molar refractivity (Wildman–Crippen MR) is 90.4 cm³/mol. The molecule has 0 bridgehead atoms. The van der Waals surface area contributed by atoms with Crippen LogP contribution in [0.5, 0.6) is 0 Å². The molecule has 0 spiro atoms. The van der Waals surface area contributed by atoms with Crippen LogP contribution in [0.2, 0.25) is 0 Å². The number of benzene rings is 1. The molecule has 0 heterocycles. The Bertz CT molecular complexity index is 496. The summed E-state index contributed by atoms with van der Waals surface area (Å²) in [6, 6.07) is 7.44. The van der Waals surface area contributed by atoms with Gasteiger partial charge in [-0.2, -0.15) is 0 Å². The summed E-state index contributed by atoms with van der Waals surface area (Å²) < 4.78 is 0. The number of carboxylic acids is 1. The standard InChI is InChI=1S/C16H24N2O4.ClH/c1-10(2)8-13(16(21)22)18-15(20)14(19)12(17)9-11-6-4-3-5-7-11;/h3-7,10,12-14,19H,8-9,17H2,1-2H3,(H,18,20)(H,21,22);1H/t12-,13?,14+;/m1./s1. The summed E-state index contributed by atoms with van der Waals surface area (Å²) in [6.45, 7) is 3.72. The molecule has 1 aromatic rings. The molecular formula is C16H25ClN2O4. The Balaban J connectivity index is 0.00000484. The van der Waals surface area contributed by atoms with Crippen molar-refractivity contribution in [3.8, 4) is 0 Å². The SMILES string of the molecule is CC(C)CC(NC(=O)[C@@H](O)[C@H](N)Cc1ccccc1)C(=O)O.Cl. The molecule has 1 amide bonds. The first-order valence-corrected chi connectivity index (χ1v) is 7.32. The van der Waals surface area contributed by atoms with Crippen molar-refractivity contribution in [2.24, 2.45) is 11.7 Å². The first kappa shape index (κ1) is 21.4. The fourth-order valence-corrected chi connectivity index (χ4v) is 2.14. The van der Waals surface area contributed by atoms with Crippen molar-refractivity contribution in [2.75, 3.05) is 0 Å². The molecule has 0 aliphatic heterocycles. The molecule has 0 fully saturated rings. The molecule has 0 radical (unpaired) electrons. The quantitative estimate of drug-likeness (QED) is 0.561. The number of rotatable bonds is 8. The molecule has 23 heavy (non-hydrogen) atoms. The zero-order valence-corrected chi connectivity index (χ0v) is 14.1. The lowest BCUT2D eigenvalue weighted by atomic mass is 10.00. The van der Waals surface area contributed by atoms with Crippen LogP contribution in [0.15, 0.2) is 30.3 Å². The number of carbonyl (C=O) groups is 2. The van der Waals surface area contributed by atoms with Crippen LogP contribution in [0.3, 0.4) is 0 Å². The van der Waals surface area contributed by atoms with E-state index in [9.17, 15) is 14.7 Å². The van der Waals surface area contributed by atoms with Crippen molar-refractivity contribution in [3.63, 3.8) is 0 Å². The topological polar surface area (TPSA) is 113 Å². The fourth-order valence-electron chi connectivity index (χ4n) is 2.14. The van der Waals surface area contributed by atoms with E-state index < -0.39 is 30.1 Å². The number of nitrogens with two attached hydrogens (primary N) is 1. The minimum Gasteiger partial charge on any atom is -0.480 e. The van der Waals surface area contributed by atoms with Gasteiger partial charge in [-0.1, -0.05) is 44.2 Å². The fraction of sp³-hybridized carbons (Fsp3) is 0.500. The molecule has 3 atom stereocenters. The first-order valence-electron chi connectivity index (χ1n) is 7.32. The minimum atomic E-state index is -1.45. The van der Waals surface area contributed by atoms with E-state index in [1.165, 1.54) is 0 Å². The number of carbonyl (C=O) groups excluding carboxylic acids is 1. The molecule has 7 heteroatoms. The maximum atomic E-state index is 12.0. The molecule has 1 rings (SSSR count). The number of aliphatic hydroxyl groups is 1. The summed E-state index contributed by atoms with van der Waals surface area (Å²) >= 11 is 0. The number of nitrogens with one attached hydrogen (secondary N) is 1. The maximum absolute atomic E-state index is 12.0. The Morgan fingerprint density at radius 3 is 2.26 bits per heavy atom. The number of amides is 1. The van der Waals surface area contributed by atoms with Crippen LogP contribution in [0.25, 0.3) is 0 Å². The van der Waals surface area contributed by atoms with Crippen LogP contribution in [0.4, 0.5) is 0 Å². The summed E-state index contributed by atoms with van der Waals surface area (Å²) in [7, 11) is 0. The van der Waals surface area contributed by atoms with E-state index in [2.05, 4.69) is 5.32 Å². The van der Waals surface area contributed by atoms with Gasteiger partial charge in [0, 0.05) is 6.04 Å². The van der Waals surface area contributed by atoms with E-state index in [0.29, 0.717) is 12.8 Å². The van der Waals surface area contributed by atoms with Gasteiger partial charge in [-0.05, 0) is 24.3 Å². The Hall–Kier alpha value is -1.63. The van der Waals surface area contributed by atoms with Crippen LogP contribution in [0.1, 0.15) is 25.8 Å². The molecule has 130 valence electrons. The van der Waals surface area contributed by atoms with Gasteiger partial charge in [0.15, 0.2) is 0 Å². The van der Waals surface area contributed by atoms with Crippen molar-refractivity contribution in [2.45, 2.75) is 44.9 Å². The zero-order valence-electron chi connectivity index (χ0n) is 13.3. The van der Waals surface area contributed by atoms with Gasteiger partial charge >= 0.3 is 5.97 Å². The second-order valence-electron chi connectivity index (χ2n) is 5.83. The Labute approximate surface area is 142 Å². The van der Waals surface area contributed by atoms with Gasteiger partial charge in [-0.15, -0.1) is 12.4 Å². The molecule has 1 aromatic carbocycles. The number of hydrogen-bond donors (Lipinski definition) is 4. The molecule has 0 aliphatic carbocycles. The zero-order chi connectivity index (χ0) is 16.7. The van der Waals surface area contributed by atoms with Gasteiger partial charge in [0.1, 0.15) is 12.1 Å². The van der Waals surface area contributed by atoms with Crippen molar-refractivity contribution in [1.82, 2.24) is 5.32 Å². The molecule has 0 aromatic heterocycles. The van der Waals surface area contributed by atoms with E-state index in [4.69, 9.17) is 10.8 Å². The Morgan fingerprint density at radius 2 is 1.78 bits per heavy atom. The Morgan fingerprint density at radius 1 is 1.22 bits per heavy atom. The van der Waals surface area contributed by atoms with E-state index in [1.54, 1.807) is 0 Å². The molecule has 5 N–H and O–H groups in total. The van der Waals surface area contributed by atoms with Gasteiger partial charge in [-0.25, -0.2) is 4.79 Å². The van der Waals surface area contributed by atoms with Crippen LogP contribution in [-0.2, 0) is 16.0 Å². The van der Waals surface area contributed by atoms with Crippen LogP contribution in [-0.4, -0.2) is 40.3 Å². The van der Waals surface area contributed by atoms with Gasteiger partial charge in [0.2, 0.25) is 0 Å². The smallest absolute Gasteiger partial charge is 0.326 e.